The Morgan fingerprint density at radius 3 is 2.71 bits per heavy atom. The SMILES string of the molecule is O=C(CCCn1c(=O)oc2ccc(Cl)cc21)N1CCN(c2ccccn2)CC1. The summed E-state index contributed by atoms with van der Waals surface area (Å²) in [4.78, 5) is 33.0. The predicted octanol–water partition coefficient (Wildman–Crippen LogP) is 2.77. The van der Waals surface area contributed by atoms with Gasteiger partial charge < -0.3 is 14.2 Å². The van der Waals surface area contributed by atoms with Crippen molar-refractivity contribution in [1.82, 2.24) is 14.5 Å². The summed E-state index contributed by atoms with van der Waals surface area (Å²) >= 11 is 6.02. The number of aromatic nitrogens is 2. The number of amides is 1. The van der Waals surface area contributed by atoms with Crippen molar-refractivity contribution in [1.29, 1.82) is 0 Å². The highest BCUT2D eigenvalue weighted by atomic mass is 35.5. The van der Waals surface area contributed by atoms with E-state index in [4.69, 9.17) is 16.0 Å². The highest BCUT2D eigenvalue weighted by Crippen LogP contribution is 2.19. The van der Waals surface area contributed by atoms with Gasteiger partial charge >= 0.3 is 5.76 Å². The number of hydrogen-bond donors (Lipinski definition) is 0. The first-order valence-corrected chi connectivity index (χ1v) is 9.72. The molecule has 8 heteroatoms. The number of carbonyl (C=O) groups is 1. The first-order valence-electron chi connectivity index (χ1n) is 9.34. The molecule has 4 rings (SSSR count). The lowest BCUT2D eigenvalue weighted by molar-refractivity contribution is -0.131. The molecule has 0 spiro atoms. The van der Waals surface area contributed by atoms with Crippen LogP contribution in [-0.4, -0.2) is 46.5 Å². The first-order chi connectivity index (χ1) is 13.6. The zero-order chi connectivity index (χ0) is 19.5. The smallest absolute Gasteiger partial charge is 0.408 e. The molecule has 1 saturated heterocycles. The van der Waals surface area contributed by atoms with Gasteiger partial charge in [0.25, 0.3) is 0 Å². The normalized spacial score (nSPS) is 14.6. The van der Waals surface area contributed by atoms with E-state index >= 15 is 0 Å². The van der Waals surface area contributed by atoms with Gasteiger partial charge in [-0.2, -0.15) is 0 Å². The van der Waals surface area contributed by atoms with Crippen molar-refractivity contribution in [2.24, 2.45) is 0 Å². The van der Waals surface area contributed by atoms with Gasteiger partial charge in [0.1, 0.15) is 5.82 Å². The Morgan fingerprint density at radius 1 is 1.14 bits per heavy atom. The monoisotopic (exact) mass is 400 g/mol. The molecule has 3 heterocycles. The van der Waals surface area contributed by atoms with Crippen LogP contribution in [0.5, 0.6) is 0 Å². The summed E-state index contributed by atoms with van der Waals surface area (Å²) in [6.07, 6.45) is 2.74. The number of anilines is 1. The third kappa shape index (κ3) is 3.89. The Balaban J connectivity index is 1.30. The van der Waals surface area contributed by atoms with E-state index in [1.54, 1.807) is 24.4 Å². The standard InChI is InChI=1S/C20H21ClN4O3/c21-15-6-7-17-16(14-15)25(20(27)28-17)9-3-5-19(26)24-12-10-23(11-13-24)18-4-1-2-8-22-18/h1-2,4,6-8,14H,3,5,9-13H2. The molecular formula is C20H21ClN4O3. The topological polar surface area (TPSA) is 71.6 Å². The molecule has 0 radical (unpaired) electrons. The van der Waals surface area contributed by atoms with Crippen molar-refractivity contribution in [3.63, 3.8) is 0 Å². The van der Waals surface area contributed by atoms with E-state index in [1.165, 1.54) is 4.57 Å². The lowest BCUT2D eigenvalue weighted by Gasteiger charge is -2.35. The lowest BCUT2D eigenvalue weighted by Crippen LogP contribution is -2.49. The molecule has 2 aromatic heterocycles. The summed E-state index contributed by atoms with van der Waals surface area (Å²) in [5.41, 5.74) is 1.17. The summed E-state index contributed by atoms with van der Waals surface area (Å²) in [6.45, 7) is 3.32. The third-order valence-electron chi connectivity index (χ3n) is 5.01. The van der Waals surface area contributed by atoms with Crippen LogP contribution in [0.25, 0.3) is 11.1 Å². The summed E-state index contributed by atoms with van der Waals surface area (Å²) < 4.78 is 6.76. The molecule has 0 bridgehead atoms. The molecule has 146 valence electrons. The van der Waals surface area contributed by atoms with E-state index in [-0.39, 0.29) is 5.91 Å². The molecule has 1 amide bonds. The largest absolute Gasteiger partial charge is 0.419 e. The van der Waals surface area contributed by atoms with Crippen LogP contribution >= 0.6 is 11.6 Å². The second-order valence-electron chi connectivity index (χ2n) is 6.79. The molecule has 0 saturated carbocycles. The second kappa shape index (κ2) is 8.06. The minimum Gasteiger partial charge on any atom is -0.408 e. The van der Waals surface area contributed by atoms with Gasteiger partial charge in [-0.15, -0.1) is 0 Å². The Labute approximate surface area is 167 Å². The molecular weight excluding hydrogens is 380 g/mol. The molecule has 3 aromatic rings. The fourth-order valence-corrected chi connectivity index (χ4v) is 3.69. The molecule has 7 nitrogen and oxygen atoms in total. The maximum Gasteiger partial charge on any atom is 0.419 e. The van der Waals surface area contributed by atoms with Gasteiger partial charge in [0.05, 0.1) is 5.52 Å². The van der Waals surface area contributed by atoms with Crippen LogP contribution < -0.4 is 10.7 Å². The number of halogens is 1. The molecule has 1 aliphatic rings. The minimum atomic E-state index is -0.423. The van der Waals surface area contributed by atoms with Gasteiger partial charge in [0.2, 0.25) is 5.91 Å². The van der Waals surface area contributed by atoms with E-state index in [2.05, 4.69) is 9.88 Å². The van der Waals surface area contributed by atoms with Crippen molar-refractivity contribution in [2.45, 2.75) is 19.4 Å². The van der Waals surface area contributed by atoms with Crippen molar-refractivity contribution < 1.29 is 9.21 Å². The van der Waals surface area contributed by atoms with Gasteiger partial charge in [-0.05, 0) is 36.8 Å². The van der Waals surface area contributed by atoms with Crippen LogP contribution in [0.15, 0.2) is 51.8 Å². The van der Waals surface area contributed by atoms with Gasteiger partial charge in [-0.25, -0.2) is 9.78 Å². The summed E-state index contributed by atoms with van der Waals surface area (Å²) in [7, 11) is 0. The average Bonchev–Trinajstić information content (AvgIpc) is 3.03. The number of carbonyl (C=O) groups excluding carboxylic acids is 1. The molecule has 0 aliphatic carbocycles. The Morgan fingerprint density at radius 2 is 1.96 bits per heavy atom. The van der Waals surface area contributed by atoms with E-state index < -0.39 is 5.76 Å². The van der Waals surface area contributed by atoms with Gasteiger partial charge in [0, 0.05) is 50.4 Å². The van der Waals surface area contributed by atoms with E-state index in [0.29, 0.717) is 48.6 Å². The number of fused-ring (bicyclic) bond motifs is 1. The highest BCUT2D eigenvalue weighted by Gasteiger charge is 2.21. The fourth-order valence-electron chi connectivity index (χ4n) is 3.52. The lowest BCUT2D eigenvalue weighted by atomic mass is 10.2. The maximum atomic E-state index is 12.5. The number of rotatable bonds is 5. The molecule has 1 aromatic carbocycles. The van der Waals surface area contributed by atoms with Crippen molar-refractivity contribution >= 4 is 34.4 Å². The third-order valence-corrected chi connectivity index (χ3v) is 5.24. The summed E-state index contributed by atoms with van der Waals surface area (Å²) in [5, 5.41) is 0.545. The Hall–Kier alpha value is -2.80. The van der Waals surface area contributed by atoms with Crippen LogP contribution in [0.4, 0.5) is 5.82 Å². The number of benzene rings is 1. The zero-order valence-corrected chi connectivity index (χ0v) is 16.1. The fraction of sp³-hybridized carbons (Fsp3) is 0.350. The van der Waals surface area contributed by atoms with Crippen molar-refractivity contribution in [3.05, 3.63) is 58.2 Å². The minimum absolute atomic E-state index is 0.111. The van der Waals surface area contributed by atoms with Gasteiger partial charge in [-0.3, -0.25) is 9.36 Å². The van der Waals surface area contributed by atoms with E-state index in [9.17, 15) is 9.59 Å². The van der Waals surface area contributed by atoms with Crippen LogP contribution in [-0.2, 0) is 11.3 Å². The first kappa shape index (κ1) is 18.6. The zero-order valence-electron chi connectivity index (χ0n) is 15.4. The molecule has 1 aliphatic heterocycles. The molecule has 1 fully saturated rings. The van der Waals surface area contributed by atoms with Crippen LogP contribution in [0, 0.1) is 0 Å². The summed E-state index contributed by atoms with van der Waals surface area (Å²) in [5.74, 6) is 0.632. The van der Waals surface area contributed by atoms with Gasteiger partial charge in [0.15, 0.2) is 5.58 Å². The van der Waals surface area contributed by atoms with Crippen LogP contribution in [0.2, 0.25) is 5.02 Å². The van der Waals surface area contributed by atoms with Crippen LogP contribution in [0.1, 0.15) is 12.8 Å². The number of piperazine rings is 1. The number of aryl methyl sites for hydroxylation is 1. The van der Waals surface area contributed by atoms with E-state index in [1.807, 2.05) is 23.1 Å². The maximum absolute atomic E-state index is 12.5. The number of oxazole rings is 1. The van der Waals surface area contributed by atoms with Crippen molar-refractivity contribution in [3.8, 4) is 0 Å². The number of nitrogens with zero attached hydrogens (tertiary/aromatic N) is 4. The molecule has 0 unspecified atom stereocenters. The second-order valence-corrected chi connectivity index (χ2v) is 7.23. The highest BCUT2D eigenvalue weighted by molar-refractivity contribution is 6.31. The van der Waals surface area contributed by atoms with Gasteiger partial charge in [-0.1, -0.05) is 17.7 Å². The predicted molar refractivity (Wildman–Crippen MR) is 108 cm³/mol. The summed E-state index contributed by atoms with van der Waals surface area (Å²) in [6, 6.07) is 10.9. The van der Waals surface area contributed by atoms with E-state index in [0.717, 1.165) is 18.9 Å². The molecule has 0 N–H and O–H groups in total. The average molecular weight is 401 g/mol. The number of hydrogen-bond acceptors (Lipinski definition) is 5. The molecule has 0 atom stereocenters. The molecule has 28 heavy (non-hydrogen) atoms. The van der Waals surface area contributed by atoms with Crippen LogP contribution in [0.3, 0.4) is 0 Å². The Bertz CT molecular complexity index is 1020. The Kier molecular flexibility index (Phi) is 5.34. The quantitative estimate of drug-likeness (QED) is 0.658. The number of pyridine rings is 1. The van der Waals surface area contributed by atoms with Crippen molar-refractivity contribution in [2.75, 3.05) is 31.1 Å².